The maximum atomic E-state index is 12.2. The molecule has 1 atom stereocenters. The van der Waals surface area contributed by atoms with Crippen LogP contribution in [0.3, 0.4) is 0 Å². The van der Waals surface area contributed by atoms with Gasteiger partial charge in [0, 0.05) is 24.0 Å². The zero-order valence-corrected chi connectivity index (χ0v) is 17.5. The van der Waals surface area contributed by atoms with Crippen molar-refractivity contribution < 1.29 is 9.53 Å². The molecule has 1 amide bonds. The monoisotopic (exact) mass is 380 g/mol. The second kappa shape index (κ2) is 8.68. The zero-order valence-electron chi connectivity index (χ0n) is 17.5. The van der Waals surface area contributed by atoms with Crippen LogP contribution in [0.25, 0.3) is 0 Å². The summed E-state index contributed by atoms with van der Waals surface area (Å²) >= 11 is 0. The Hall–Kier alpha value is -2.49. The SMILES string of the molecule is C[C@@H]1CCCCN1c1ccc(NC(=O)COc2ccc(C(C)(C)C)cc2)cc1. The Balaban J connectivity index is 1.50. The average Bonchev–Trinajstić information content (AvgIpc) is 2.67. The highest BCUT2D eigenvalue weighted by Gasteiger charge is 2.18. The Labute approximate surface area is 168 Å². The second-order valence-corrected chi connectivity index (χ2v) is 8.70. The Morgan fingerprint density at radius 3 is 2.36 bits per heavy atom. The van der Waals surface area contributed by atoms with Crippen LogP contribution in [0.5, 0.6) is 5.75 Å². The molecule has 1 saturated heterocycles. The zero-order chi connectivity index (χ0) is 20.1. The summed E-state index contributed by atoms with van der Waals surface area (Å²) in [6.07, 6.45) is 3.80. The molecule has 0 aliphatic carbocycles. The van der Waals surface area contributed by atoms with E-state index in [4.69, 9.17) is 4.74 Å². The molecule has 1 heterocycles. The van der Waals surface area contributed by atoms with E-state index in [1.165, 1.54) is 30.5 Å². The molecule has 0 unspecified atom stereocenters. The van der Waals surface area contributed by atoms with E-state index in [0.717, 1.165) is 12.2 Å². The Morgan fingerprint density at radius 1 is 1.07 bits per heavy atom. The fourth-order valence-corrected chi connectivity index (χ4v) is 3.62. The van der Waals surface area contributed by atoms with E-state index < -0.39 is 0 Å². The first kappa shape index (κ1) is 20.2. The number of hydrogen-bond donors (Lipinski definition) is 1. The first-order chi connectivity index (χ1) is 13.3. The summed E-state index contributed by atoms with van der Waals surface area (Å²) in [5.74, 6) is 0.552. The third kappa shape index (κ3) is 5.28. The van der Waals surface area contributed by atoms with Gasteiger partial charge in [-0.25, -0.2) is 0 Å². The van der Waals surface area contributed by atoms with Gasteiger partial charge in [-0.3, -0.25) is 4.79 Å². The van der Waals surface area contributed by atoms with Crippen LogP contribution < -0.4 is 15.0 Å². The molecule has 0 aromatic heterocycles. The first-order valence-corrected chi connectivity index (χ1v) is 10.2. The average molecular weight is 381 g/mol. The molecule has 28 heavy (non-hydrogen) atoms. The summed E-state index contributed by atoms with van der Waals surface area (Å²) in [6, 6.07) is 16.6. The van der Waals surface area contributed by atoms with Crippen molar-refractivity contribution in [3.63, 3.8) is 0 Å². The first-order valence-electron chi connectivity index (χ1n) is 10.2. The molecule has 0 radical (unpaired) electrons. The van der Waals surface area contributed by atoms with Crippen molar-refractivity contribution in [3.8, 4) is 5.75 Å². The number of benzene rings is 2. The van der Waals surface area contributed by atoms with Crippen LogP contribution in [0.15, 0.2) is 48.5 Å². The summed E-state index contributed by atoms with van der Waals surface area (Å²) in [5.41, 5.74) is 3.37. The number of nitrogens with zero attached hydrogens (tertiary/aromatic N) is 1. The van der Waals surface area contributed by atoms with E-state index >= 15 is 0 Å². The quantitative estimate of drug-likeness (QED) is 0.757. The summed E-state index contributed by atoms with van der Waals surface area (Å²) in [7, 11) is 0. The van der Waals surface area contributed by atoms with Crippen molar-refractivity contribution in [1.82, 2.24) is 0 Å². The predicted octanol–water partition coefficient (Wildman–Crippen LogP) is 5.38. The van der Waals surface area contributed by atoms with Crippen molar-refractivity contribution in [2.75, 3.05) is 23.4 Å². The standard InChI is InChI=1S/C24H32N2O2/c1-18-7-5-6-16-26(18)21-12-10-20(11-13-21)25-23(27)17-28-22-14-8-19(9-15-22)24(2,3)4/h8-15,18H,5-7,16-17H2,1-4H3,(H,25,27)/t18-/m1/s1. The smallest absolute Gasteiger partial charge is 0.262 e. The minimum atomic E-state index is -0.154. The summed E-state index contributed by atoms with van der Waals surface area (Å²) in [5, 5.41) is 2.91. The van der Waals surface area contributed by atoms with Gasteiger partial charge < -0.3 is 15.0 Å². The minimum Gasteiger partial charge on any atom is -0.484 e. The molecule has 2 aromatic rings. The Kier molecular flexibility index (Phi) is 6.28. The molecule has 0 saturated carbocycles. The number of ether oxygens (including phenoxy) is 1. The van der Waals surface area contributed by atoms with Crippen molar-refractivity contribution in [2.45, 2.75) is 58.4 Å². The number of rotatable bonds is 5. The van der Waals surface area contributed by atoms with E-state index in [9.17, 15) is 4.79 Å². The molecule has 150 valence electrons. The van der Waals surface area contributed by atoms with Gasteiger partial charge in [0.2, 0.25) is 0 Å². The van der Waals surface area contributed by atoms with Crippen LogP contribution >= 0.6 is 0 Å². The van der Waals surface area contributed by atoms with Crippen molar-refractivity contribution in [1.29, 1.82) is 0 Å². The fraction of sp³-hybridized carbons (Fsp3) is 0.458. The molecule has 2 aromatic carbocycles. The number of nitrogens with one attached hydrogen (secondary N) is 1. The maximum absolute atomic E-state index is 12.2. The molecule has 1 fully saturated rings. The highest BCUT2D eigenvalue weighted by molar-refractivity contribution is 5.92. The van der Waals surface area contributed by atoms with Crippen LogP contribution in [0.1, 0.15) is 52.5 Å². The van der Waals surface area contributed by atoms with Crippen LogP contribution in [0.2, 0.25) is 0 Å². The second-order valence-electron chi connectivity index (χ2n) is 8.70. The van der Waals surface area contributed by atoms with Gasteiger partial charge in [0.1, 0.15) is 5.75 Å². The van der Waals surface area contributed by atoms with Gasteiger partial charge in [-0.2, -0.15) is 0 Å². The number of piperidine rings is 1. The van der Waals surface area contributed by atoms with Crippen LogP contribution in [-0.2, 0) is 10.2 Å². The van der Waals surface area contributed by atoms with E-state index in [1.807, 2.05) is 36.4 Å². The molecule has 3 rings (SSSR count). The molecule has 1 aliphatic rings. The Bertz CT molecular complexity index is 776. The molecular weight excluding hydrogens is 348 g/mol. The predicted molar refractivity (Wildman–Crippen MR) is 116 cm³/mol. The lowest BCUT2D eigenvalue weighted by atomic mass is 9.87. The van der Waals surface area contributed by atoms with Crippen molar-refractivity contribution in [3.05, 3.63) is 54.1 Å². The van der Waals surface area contributed by atoms with E-state index in [0.29, 0.717) is 11.8 Å². The molecular formula is C24H32N2O2. The number of carbonyl (C=O) groups excluding carboxylic acids is 1. The number of amides is 1. The highest BCUT2D eigenvalue weighted by Crippen LogP contribution is 2.26. The van der Waals surface area contributed by atoms with E-state index in [1.54, 1.807) is 0 Å². The molecule has 4 heteroatoms. The minimum absolute atomic E-state index is 0.000223. The van der Waals surface area contributed by atoms with Gasteiger partial charge in [0.05, 0.1) is 0 Å². The highest BCUT2D eigenvalue weighted by atomic mass is 16.5. The molecule has 1 N–H and O–H groups in total. The fourth-order valence-electron chi connectivity index (χ4n) is 3.62. The Morgan fingerprint density at radius 2 is 1.75 bits per heavy atom. The lowest BCUT2D eigenvalue weighted by Gasteiger charge is -2.35. The van der Waals surface area contributed by atoms with Gasteiger partial charge in [-0.1, -0.05) is 32.9 Å². The summed E-state index contributed by atoms with van der Waals surface area (Å²) in [4.78, 5) is 14.6. The number of hydrogen-bond acceptors (Lipinski definition) is 3. The van der Waals surface area contributed by atoms with Gasteiger partial charge in [-0.05, 0) is 73.6 Å². The molecule has 0 bridgehead atoms. The largest absolute Gasteiger partial charge is 0.484 e. The van der Waals surface area contributed by atoms with Crippen LogP contribution in [0.4, 0.5) is 11.4 Å². The number of anilines is 2. The van der Waals surface area contributed by atoms with E-state index in [2.05, 4.69) is 50.0 Å². The lowest BCUT2D eigenvalue weighted by molar-refractivity contribution is -0.118. The molecule has 0 spiro atoms. The maximum Gasteiger partial charge on any atom is 0.262 e. The lowest BCUT2D eigenvalue weighted by Crippen LogP contribution is -2.37. The van der Waals surface area contributed by atoms with Crippen molar-refractivity contribution >= 4 is 17.3 Å². The van der Waals surface area contributed by atoms with Gasteiger partial charge >= 0.3 is 0 Å². The molecule has 4 nitrogen and oxygen atoms in total. The van der Waals surface area contributed by atoms with Crippen LogP contribution in [-0.4, -0.2) is 25.1 Å². The van der Waals surface area contributed by atoms with E-state index in [-0.39, 0.29) is 17.9 Å². The number of carbonyl (C=O) groups is 1. The summed E-state index contributed by atoms with van der Waals surface area (Å²) in [6.45, 7) is 9.91. The third-order valence-electron chi connectivity index (χ3n) is 5.38. The molecule has 1 aliphatic heterocycles. The van der Waals surface area contributed by atoms with Gasteiger partial charge in [-0.15, -0.1) is 0 Å². The van der Waals surface area contributed by atoms with Gasteiger partial charge in [0.25, 0.3) is 5.91 Å². The van der Waals surface area contributed by atoms with Crippen LogP contribution in [0, 0.1) is 0 Å². The van der Waals surface area contributed by atoms with Gasteiger partial charge in [0.15, 0.2) is 6.61 Å². The topological polar surface area (TPSA) is 41.6 Å². The van der Waals surface area contributed by atoms with Crippen molar-refractivity contribution in [2.24, 2.45) is 0 Å². The third-order valence-corrected chi connectivity index (χ3v) is 5.38. The summed E-state index contributed by atoms with van der Waals surface area (Å²) < 4.78 is 5.62. The normalized spacial score (nSPS) is 17.3.